The van der Waals surface area contributed by atoms with Crippen molar-refractivity contribution in [3.8, 4) is 0 Å². The third-order valence-corrected chi connectivity index (χ3v) is 3.85. The summed E-state index contributed by atoms with van der Waals surface area (Å²) in [6, 6.07) is 15.9. The Morgan fingerprint density at radius 1 is 1.14 bits per heavy atom. The fourth-order valence-corrected chi connectivity index (χ4v) is 2.79. The summed E-state index contributed by atoms with van der Waals surface area (Å²) in [5, 5.41) is 3.42. The van der Waals surface area contributed by atoms with E-state index in [-0.39, 0.29) is 5.91 Å². The zero-order valence-electron chi connectivity index (χ0n) is 11.9. The van der Waals surface area contributed by atoms with Crippen molar-refractivity contribution in [3.05, 3.63) is 65.2 Å². The largest absolute Gasteiger partial charge is 0.366 e. The zero-order chi connectivity index (χ0) is 14.7. The zero-order valence-corrected chi connectivity index (χ0v) is 11.9. The summed E-state index contributed by atoms with van der Waals surface area (Å²) in [4.78, 5) is 13.9. The summed E-state index contributed by atoms with van der Waals surface area (Å²) in [7, 11) is 0. The molecule has 3 N–H and O–H groups in total. The molecule has 3 rings (SSSR count). The van der Waals surface area contributed by atoms with Gasteiger partial charge in [-0.2, -0.15) is 0 Å². The molecule has 0 spiro atoms. The number of amides is 1. The summed E-state index contributed by atoms with van der Waals surface area (Å²) in [5.41, 5.74) is 9.56. The molecule has 0 unspecified atom stereocenters. The second-order valence-electron chi connectivity index (χ2n) is 5.25. The van der Waals surface area contributed by atoms with Crippen molar-refractivity contribution in [2.75, 3.05) is 18.0 Å². The van der Waals surface area contributed by atoms with Crippen LogP contribution in [-0.4, -0.2) is 19.0 Å². The molecule has 0 bridgehead atoms. The van der Waals surface area contributed by atoms with Gasteiger partial charge in [0.15, 0.2) is 0 Å². The molecule has 0 atom stereocenters. The van der Waals surface area contributed by atoms with E-state index < -0.39 is 0 Å². The number of primary amides is 1. The van der Waals surface area contributed by atoms with Crippen LogP contribution in [0.1, 0.15) is 21.5 Å². The smallest absolute Gasteiger partial charge is 0.249 e. The topological polar surface area (TPSA) is 58.4 Å². The first-order valence-electron chi connectivity index (χ1n) is 7.17. The number of nitrogens with zero attached hydrogens (tertiary/aromatic N) is 1. The molecule has 0 saturated heterocycles. The van der Waals surface area contributed by atoms with Gasteiger partial charge in [-0.3, -0.25) is 4.79 Å². The summed E-state index contributed by atoms with van der Waals surface area (Å²) < 4.78 is 0. The minimum Gasteiger partial charge on any atom is -0.366 e. The molecule has 4 heteroatoms. The molecule has 1 aliphatic heterocycles. The normalized spacial score (nSPS) is 14.4. The second kappa shape index (κ2) is 5.97. The molecular formula is C17H19N3O. The monoisotopic (exact) mass is 281 g/mol. The molecule has 108 valence electrons. The van der Waals surface area contributed by atoms with Gasteiger partial charge in [-0.05, 0) is 23.3 Å². The maximum Gasteiger partial charge on any atom is 0.249 e. The predicted molar refractivity (Wildman–Crippen MR) is 84.2 cm³/mol. The van der Waals surface area contributed by atoms with Gasteiger partial charge >= 0.3 is 0 Å². The average molecular weight is 281 g/mol. The Hall–Kier alpha value is -2.33. The number of rotatable bonds is 3. The number of nitrogens with one attached hydrogen (secondary N) is 1. The molecular weight excluding hydrogens is 262 g/mol. The number of hydrogen-bond acceptors (Lipinski definition) is 3. The molecule has 0 radical (unpaired) electrons. The van der Waals surface area contributed by atoms with Crippen molar-refractivity contribution >= 4 is 11.6 Å². The van der Waals surface area contributed by atoms with Crippen LogP contribution in [0, 0.1) is 0 Å². The SMILES string of the molecule is NC(=O)c1ccccc1CN1CCNCc2ccccc21. The van der Waals surface area contributed by atoms with E-state index in [1.54, 1.807) is 6.07 Å². The standard InChI is InChI=1S/C17H19N3O/c18-17(21)15-7-3-1-6-14(15)12-20-10-9-19-11-13-5-2-4-8-16(13)20/h1-8,19H,9-12H2,(H2,18,21). The van der Waals surface area contributed by atoms with E-state index in [1.807, 2.05) is 18.2 Å². The van der Waals surface area contributed by atoms with Crippen LogP contribution in [0.15, 0.2) is 48.5 Å². The van der Waals surface area contributed by atoms with Crippen molar-refractivity contribution in [2.24, 2.45) is 5.73 Å². The lowest BCUT2D eigenvalue weighted by Gasteiger charge is -2.25. The van der Waals surface area contributed by atoms with Crippen LogP contribution in [0.5, 0.6) is 0 Å². The molecule has 2 aromatic rings. The van der Waals surface area contributed by atoms with E-state index in [0.717, 1.165) is 25.2 Å². The van der Waals surface area contributed by atoms with Crippen molar-refractivity contribution < 1.29 is 4.79 Å². The van der Waals surface area contributed by atoms with Crippen LogP contribution in [0.25, 0.3) is 0 Å². The van der Waals surface area contributed by atoms with E-state index in [9.17, 15) is 4.79 Å². The van der Waals surface area contributed by atoms with Crippen LogP contribution >= 0.6 is 0 Å². The lowest BCUT2D eigenvalue weighted by atomic mass is 10.1. The lowest BCUT2D eigenvalue weighted by molar-refractivity contribution is 0.0999. The number of carbonyl (C=O) groups excluding carboxylic acids is 1. The maximum absolute atomic E-state index is 11.6. The second-order valence-corrected chi connectivity index (χ2v) is 5.25. The van der Waals surface area contributed by atoms with E-state index in [1.165, 1.54) is 11.3 Å². The molecule has 0 aromatic heterocycles. The third kappa shape index (κ3) is 2.90. The summed E-state index contributed by atoms with van der Waals surface area (Å²) in [6.45, 7) is 3.40. The number of para-hydroxylation sites is 1. The van der Waals surface area contributed by atoms with Crippen LogP contribution in [0.3, 0.4) is 0 Å². The molecule has 0 aliphatic carbocycles. The molecule has 1 heterocycles. The van der Waals surface area contributed by atoms with Crippen LogP contribution in [0.2, 0.25) is 0 Å². The minimum atomic E-state index is -0.369. The van der Waals surface area contributed by atoms with Gasteiger partial charge in [0.05, 0.1) is 0 Å². The highest BCUT2D eigenvalue weighted by atomic mass is 16.1. The number of fused-ring (bicyclic) bond motifs is 1. The first kappa shape index (κ1) is 13.6. The minimum absolute atomic E-state index is 0.369. The highest BCUT2D eigenvalue weighted by molar-refractivity contribution is 5.94. The quantitative estimate of drug-likeness (QED) is 0.903. The van der Waals surface area contributed by atoms with Gasteiger partial charge < -0.3 is 16.0 Å². The Bertz CT molecular complexity index is 654. The summed E-state index contributed by atoms with van der Waals surface area (Å²) in [5.74, 6) is -0.369. The van der Waals surface area contributed by atoms with Crippen molar-refractivity contribution in [1.29, 1.82) is 0 Å². The van der Waals surface area contributed by atoms with Gasteiger partial charge in [0.2, 0.25) is 5.91 Å². The lowest BCUT2D eigenvalue weighted by Crippen LogP contribution is -2.29. The number of nitrogens with two attached hydrogens (primary N) is 1. The number of anilines is 1. The number of carbonyl (C=O) groups is 1. The van der Waals surface area contributed by atoms with Crippen molar-refractivity contribution in [1.82, 2.24) is 5.32 Å². The highest BCUT2D eigenvalue weighted by Crippen LogP contribution is 2.24. The van der Waals surface area contributed by atoms with E-state index in [4.69, 9.17) is 5.73 Å². The molecule has 4 nitrogen and oxygen atoms in total. The van der Waals surface area contributed by atoms with Crippen molar-refractivity contribution in [2.45, 2.75) is 13.1 Å². The van der Waals surface area contributed by atoms with Gasteiger partial charge in [0, 0.05) is 37.4 Å². The molecule has 1 aliphatic rings. The van der Waals surface area contributed by atoms with Gasteiger partial charge in [0.1, 0.15) is 0 Å². The van der Waals surface area contributed by atoms with Gasteiger partial charge in [-0.25, -0.2) is 0 Å². The molecule has 2 aromatic carbocycles. The number of benzene rings is 2. The van der Waals surface area contributed by atoms with Gasteiger partial charge in [-0.1, -0.05) is 36.4 Å². The Labute approximate surface area is 124 Å². The van der Waals surface area contributed by atoms with E-state index in [2.05, 4.69) is 34.5 Å². The van der Waals surface area contributed by atoms with Crippen molar-refractivity contribution in [3.63, 3.8) is 0 Å². The van der Waals surface area contributed by atoms with Crippen LogP contribution < -0.4 is 16.0 Å². The Morgan fingerprint density at radius 2 is 1.90 bits per heavy atom. The Balaban J connectivity index is 1.93. The number of hydrogen-bond donors (Lipinski definition) is 2. The third-order valence-electron chi connectivity index (χ3n) is 3.85. The fraction of sp³-hybridized carbons (Fsp3) is 0.235. The van der Waals surface area contributed by atoms with E-state index in [0.29, 0.717) is 12.1 Å². The first-order valence-corrected chi connectivity index (χ1v) is 7.17. The van der Waals surface area contributed by atoms with E-state index >= 15 is 0 Å². The summed E-state index contributed by atoms with van der Waals surface area (Å²) >= 11 is 0. The molecule has 21 heavy (non-hydrogen) atoms. The predicted octanol–water partition coefficient (Wildman–Crippen LogP) is 1.90. The average Bonchev–Trinajstić information content (AvgIpc) is 2.70. The Morgan fingerprint density at radius 3 is 2.76 bits per heavy atom. The van der Waals surface area contributed by atoms with Crippen LogP contribution in [-0.2, 0) is 13.1 Å². The maximum atomic E-state index is 11.6. The highest BCUT2D eigenvalue weighted by Gasteiger charge is 2.16. The summed E-state index contributed by atoms with van der Waals surface area (Å²) in [6.07, 6.45) is 0. The Kier molecular flexibility index (Phi) is 3.88. The van der Waals surface area contributed by atoms with Gasteiger partial charge in [-0.15, -0.1) is 0 Å². The first-order chi connectivity index (χ1) is 10.3. The molecule has 0 fully saturated rings. The van der Waals surface area contributed by atoms with Crippen LogP contribution in [0.4, 0.5) is 5.69 Å². The fourth-order valence-electron chi connectivity index (χ4n) is 2.79. The van der Waals surface area contributed by atoms with Gasteiger partial charge in [0.25, 0.3) is 0 Å². The molecule has 0 saturated carbocycles. The molecule has 1 amide bonds.